The number of nitrogens with one attached hydrogen (secondary N) is 2. The highest BCUT2D eigenvalue weighted by Crippen LogP contribution is 2.15. The van der Waals surface area contributed by atoms with Crippen LogP contribution < -0.4 is 10.6 Å². The van der Waals surface area contributed by atoms with E-state index in [2.05, 4.69) is 15.6 Å². The van der Waals surface area contributed by atoms with Crippen LogP contribution in [0.15, 0.2) is 66.9 Å². The number of hydrogen-bond acceptors (Lipinski definition) is 3. The number of carbonyl (C=O) groups excluding carboxylic acids is 2. The quantitative estimate of drug-likeness (QED) is 0.778. The molecule has 114 valence electrons. The van der Waals surface area contributed by atoms with Crippen LogP contribution in [0.1, 0.15) is 10.4 Å². The highest BCUT2D eigenvalue weighted by Gasteiger charge is 2.08. The average Bonchev–Trinajstić information content (AvgIpc) is 2.60. The molecule has 0 saturated heterocycles. The molecule has 0 fully saturated rings. The van der Waals surface area contributed by atoms with E-state index in [9.17, 15) is 9.59 Å². The Morgan fingerprint density at radius 3 is 2.52 bits per heavy atom. The highest BCUT2D eigenvalue weighted by molar-refractivity contribution is 5.99. The number of benzene rings is 2. The number of pyridine rings is 1. The van der Waals surface area contributed by atoms with Gasteiger partial charge in [0.25, 0.3) is 5.91 Å². The molecule has 0 aliphatic carbocycles. The minimum Gasteiger partial charge on any atom is -0.343 e. The van der Waals surface area contributed by atoms with Crippen molar-refractivity contribution in [2.45, 2.75) is 0 Å². The molecule has 0 aliphatic heterocycles. The monoisotopic (exact) mass is 305 g/mol. The zero-order valence-electron chi connectivity index (χ0n) is 12.3. The second-order valence-electron chi connectivity index (χ2n) is 5.01. The van der Waals surface area contributed by atoms with E-state index >= 15 is 0 Å². The number of fused-ring (bicyclic) bond motifs is 1. The van der Waals surface area contributed by atoms with Gasteiger partial charge in [0.05, 0.1) is 23.9 Å². The van der Waals surface area contributed by atoms with Crippen LogP contribution in [0, 0.1) is 0 Å². The van der Waals surface area contributed by atoms with E-state index in [0.717, 1.165) is 10.9 Å². The smallest absolute Gasteiger partial charge is 0.251 e. The van der Waals surface area contributed by atoms with Crippen molar-refractivity contribution in [3.8, 4) is 0 Å². The molecule has 3 aromatic rings. The van der Waals surface area contributed by atoms with E-state index in [-0.39, 0.29) is 18.4 Å². The number of hydrogen-bond donors (Lipinski definition) is 2. The topological polar surface area (TPSA) is 71.1 Å². The Labute approximate surface area is 133 Å². The maximum absolute atomic E-state index is 11.9. The Balaban J connectivity index is 1.59. The van der Waals surface area contributed by atoms with Gasteiger partial charge in [-0.15, -0.1) is 0 Å². The van der Waals surface area contributed by atoms with Crippen molar-refractivity contribution < 1.29 is 9.59 Å². The molecule has 1 aromatic heterocycles. The van der Waals surface area contributed by atoms with Gasteiger partial charge >= 0.3 is 0 Å². The molecule has 0 saturated carbocycles. The van der Waals surface area contributed by atoms with Crippen molar-refractivity contribution in [2.75, 3.05) is 11.9 Å². The number of anilines is 1. The summed E-state index contributed by atoms with van der Waals surface area (Å²) in [6.07, 6.45) is 1.60. The Bertz CT molecular complexity index is 847. The Morgan fingerprint density at radius 2 is 1.70 bits per heavy atom. The van der Waals surface area contributed by atoms with Crippen LogP contribution in [-0.4, -0.2) is 23.3 Å². The van der Waals surface area contributed by atoms with E-state index in [1.807, 2.05) is 36.4 Å². The number of rotatable bonds is 4. The number of para-hydroxylation sites is 1. The van der Waals surface area contributed by atoms with Gasteiger partial charge < -0.3 is 10.6 Å². The van der Waals surface area contributed by atoms with Crippen LogP contribution in [0.3, 0.4) is 0 Å². The fraction of sp³-hybridized carbons (Fsp3) is 0.0556. The van der Waals surface area contributed by atoms with Crippen molar-refractivity contribution in [1.82, 2.24) is 10.3 Å². The Morgan fingerprint density at radius 1 is 0.957 bits per heavy atom. The summed E-state index contributed by atoms with van der Waals surface area (Å²) in [5, 5.41) is 6.25. The summed E-state index contributed by atoms with van der Waals surface area (Å²) in [5.74, 6) is -0.580. The van der Waals surface area contributed by atoms with Gasteiger partial charge in [-0.3, -0.25) is 14.6 Å². The first-order valence-corrected chi connectivity index (χ1v) is 7.20. The van der Waals surface area contributed by atoms with Crippen molar-refractivity contribution in [3.05, 3.63) is 72.4 Å². The van der Waals surface area contributed by atoms with Gasteiger partial charge in [-0.25, -0.2) is 0 Å². The third kappa shape index (κ3) is 3.71. The molecule has 2 aromatic carbocycles. The van der Waals surface area contributed by atoms with Gasteiger partial charge in [0.1, 0.15) is 0 Å². The normalized spacial score (nSPS) is 10.3. The summed E-state index contributed by atoms with van der Waals surface area (Å²) >= 11 is 0. The predicted molar refractivity (Wildman–Crippen MR) is 89.1 cm³/mol. The van der Waals surface area contributed by atoms with E-state index in [0.29, 0.717) is 11.3 Å². The zero-order valence-corrected chi connectivity index (χ0v) is 12.3. The second kappa shape index (κ2) is 6.70. The van der Waals surface area contributed by atoms with Crippen LogP contribution in [0.5, 0.6) is 0 Å². The highest BCUT2D eigenvalue weighted by atomic mass is 16.2. The van der Waals surface area contributed by atoms with Crippen LogP contribution in [0.25, 0.3) is 10.9 Å². The van der Waals surface area contributed by atoms with E-state index < -0.39 is 0 Å². The zero-order chi connectivity index (χ0) is 16.1. The van der Waals surface area contributed by atoms with E-state index in [1.54, 1.807) is 30.5 Å². The fourth-order valence-electron chi connectivity index (χ4n) is 2.20. The molecule has 5 nitrogen and oxygen atoms in total. The van der Waals surface area contributed by atoms with Crippen molar-refractivity contribution in [2.24, 2.45) is 0 Å². The molecule has 2 amide bonds. The van der Waals surface area contributed by atoms with Crippen LogP contribution in [-0.2, 0) is 4.79 Å². The molecule has 5 heteroatoms. The number of amides is 2. The Hall–Kier alpha value is -3.21. The predicted octanol–water partition coefficient (Wildman–Crippen LogP) is 2.60. The number of carbonyl (C=O) groups is 2. The van der Waals surface area contributed by atoms with Crippen LogP contribution in [0.4, 0.5) is 5.69 Å². The molecular formula is C18H15N3O2. The summed E-state index contributed by atoms with van der Waals surface area (Å²) < 4.78 is 0. The summed E-state index contributed by atoms with van der Waals surface area (Å²) in [5.41, 5.74) is 1.98. The molecular weight excluding hydrogens is 290 g/mol. The molecule has 1 heterocycles. The van der Waals surface area contributed by atoms with Gasteiger partial charge in [-0.1, -0.05) is 36.4 Å². The van der Waals surface area contributed by atoms with Gasteiger partial charge in [0, 0.05) is 10.9 Å². The number of nitrogens with zero attached hydrogens (tertiary/aromatic N) is 1. The van der Waals surface area contributed by atoms with Gasteiger partial charge in [-0.2, -0.15) is 0 Å². The van der Waals surface area contributed by atoms with E-state index in [1.165, 1.54) is 0 Å². The standard InChI is InChI=1S/C18H15N3O2/c22-17(12-20-18(23)13-6-2-1-3-7-13)21-15-10-14-8-4-5-9-16(14)19-11-15/h1-11H,12H2,(H,20,23)(H,21,22). The lowest BCUT2D eigenvalue weighted by atomic mass is 10.2. The maximum Gasteiger partial charge on any atom is 0.251 e. The molecule has 0 atom stereocenters. The molecule has 0 bridgehead atoms. The summed E-state index contributed by atoms with van der Waals surface area (Å²) in [7, 11) is 0. The minimum atomic E-state index is -0.300. The third-order valence-electron chi connectivity index (χ3n) is 3.32. The van der Waals surface area contributed by atoms with Crippen molar-refractivity contribution in [1.29, 1.82) is 0 Å². The van der Waals surface area contributed by atoms with Gasteiger partial charge in [0.2, 0.25) is 5.91 Å². The molecule has 0 radical (unpaired) electrons. The second-order valence-corrected chi connectivity index (χ2v) is 5.01. The minimum absolute atomic E-state index is 0.0967. The lowest BCUT2D eigenvalue weighted by molar-refractivity contribution is -0.115. The molecule has 0 unspecified atom stereocenters. The van der Waals surface area contributed by atoms with E-state index in [4.69, 9.17) is 0 Å². The molecule has 0 aliphatic rings. The lowest BCUT2D eigenvalue weighted by Gasteiger charge is -2.07. The van der Waals surface area contributed by atoms with Gasteiger partial charge in [0.15, 0.2) is 0 Å². The first-order chi connectivity index (χ1) is 11.2. The number of aromatic nitrogens is 1. The Kier molecular flexibility index (Phi) is 4.29. The first-order valence-electron chi connectivity index (χ1n) is 7.20. The fourth-order valence-corrected chi connectivity index (χ4v) is 2.20. The molecule has 3 rings (SSSR count). The summed E-state index contributed by atoms with van der Waals surface area (Å²) in [6, 6.07) is 18.3. The molecule has 23 heavy (non-hydrogen) atoms. The third-order valence-corrected chi connectivity index (χ3v) is 3.32. The lowest BCUT2D eigenvalue weighted by Crippen LogP contribution is -2.32. The molecule has 2 N–H and O–H groups in total. The summed E-state index contributed by atoms with van der Waals surface area (Å²) in [6.45, 7) is -0.0967. The first kappa shape index (κ1) is 14.7. The summed E-state index contributed by atoms with van der Waals surface area (Å²) in [4.78, 5) is 28.1. The average molecular weight is 305 g/mol. The van der Waals surface area contributed by atoms with Crippen molar-refractivity contribution >= 4 is 28.4 Å². The van der Waals surface area contributed by atoms with Crippen molar-refractivity contribution in [3.63, 3.8) is 0 Å². The van der Waals surface area contributed by atoms with Gasteiger partial charge in [-0.05, 0) is 24.3 Å². The van der Waals surface area contributed by atoms with Crippen LogP contribution in [0.2, 0.25) is 0 Å². The SMILES string of the molecule is O=C(CNC(=O)c1ccccc1)Nc1cnc2ccccc2c1. The largest absolute Gasteiger partial charge is 0.343 e. The molecule has 0 spiro atoms. The van der Waals surface area contributed by atoms with Crippen LogP contribution >= 0.6 is 0 Å². The maximum atomic E-state index is 11.9.